The molecule has 3 heteroatoms. The lowest BCUT2D eigenvalue weighted by atomic mass is 9.82. The van der Waals surface area contributed by atoms with E-state index in [1.807, 2.05) is 12.1 Å². The first-order valence-electron chi connectivity index (χ1n) is 7.78. The molecule has 1 fully saturated rings. The molecule has 3 unspecified atom stereocenters. The predicted molar refractivity (Wildman–Crippen MR) is 82.1 cm³/mol. The van der Waals surface area contributed by atoms with Gasteiger partial charge in [-0.3, -0.25) is 4.90 Å². The molecule has 20 heavy (non-hydrogen) atoms. The molecule has 1 aliphatic carbocycles. The molecule has 112 valence electrons. The van der Waals surface area contributed by atoms with Gasteiger partial charge in [0.1, 0.15) is 5.82 Å². The molecule has 1 aromatic rings. The van der Waals surface area contributed by atoms with Crippen molar-refractivity contribution in [3.05, 3.63) is 35.6 Å². The van der Waals surface area contributed by atoms with E-state index in [1.54, 1.807) is 12.1 Å². The van der Waals surface area contributed by atoms with Crippen LogP contribution in [0, 0.1) is 11.7 Å². The highest BCUT2D eigenvalue weighted by atomic mass is 19.1. The molecule has 0 bridgehead atoms. The van der Waals surface area contributed by atoms with Crippen LogP contribution in [0.3, 0.4) is 0 Å². The molecular weight excluding hydrogens is 251 g/mol. The zero-order chi connectivity index (χ0) is 14.5. The lowest BCUT2D eigenvalue weighted by molar-refractivity contribution is 0.120. The summed E-state index contributed by atoms with van der Waals surface area (Å²) in [7, 11) is 2.19. The molecule has 1 aliphatic rings. The summed E-state index contributed by atoms with van der Waals surface area (Å²) in [5.74, 6) is 0.638. The molecule has 0 saturated heterocycles. The summed E-state index contributed by atoms with van der Waals surface area (Å²) in [5, 5.41) is 3.63. The van der Waals surface area contributed by atoms with Gasteiger partial charge in [0.25, 0.3) is 0 Å². The van der Waals surface area contributed by atoms with Gasteiger partial charge in [0.05, 0.1) is 0 Å². The van der Waals surface area contributed by atoms with E-state index in [4.69, 9.17) is 0 Å². The summed E-state index contributed by atoms with van der Waals surface area (Å²) in [4.78, 5) is 2.43. The second-order valence-electron chi connectivity index (χ2n) is 6.19. The highest BCUT2D eigenvalue weighted by Crippen LogP contribution is 2.28. The van der Waals surface area contributed by atoms with Crippen molar-refractivity contribution < 1.29 is 4.39 Å². The molecule has 0 amide bonds. The highest BCUT2D eigenvalue weighted by Gasteiger charge is 2.30. The summed E-state index contributed by atoms with van der Waals surface area (Å²) in [6, 6.07) is 8.04. The van der Waals surface area contributed by atoms with Gasteiger partial charge in [-0.25, -0.2) is 4.39 Å². The van der Waals surface area contributed by atoms with Gasteiger partial charge < -0.3 is 5.32 Å². The Labute approximate surface area is 122 Å². The average molecular weight is 278 g/mol. The standard InChI is InChI=1S/C17H27FN2/c1-4-19-16-10-5-13(2)11-17(16)20(3)12-14-6-8-15(18)9-7-14/h6-9,13,16-17,19H,4-5,10-12H2,1-3H3. The van der Waals surface area contributed by atoms with Crippen LogP contribution in [0.15, 0.2) is 24.3 Å². The van der Waals surface area contributed by atoms with Crippen LogP contribution in [0.1, 0.15) is 38.7 Å². The summed E-state index contributed by atoms with van der Waals surface area (Å²) in [6.45, 7) is 6.44. The summed E-state index contributed by atoms with van der Waals surface area (Å²) >= 11 is 0. The monoisotopic (exact) mass is 278 g/mol. The molecule has 3 atom stereocenters. The fourth-order valence-corrected chi connectivity index (χ4v) is 3.33. The number of benzene rings is 1. The Kier molecular flexibility index (Phi) is 5.55. The maximum Gasteiger partial charge on any atom is 0.123 e. The Morgan fingerprint density at radius 1 is 1.25 bits per heavy atom. The molecule has 0 spiro atoms. The van der Waals surface area contributed by atoms with Gasteiger partial charge in [-0.2, -0.15) is 0 Å². The molecule has 0 heterocycles. The molecule has 1 aromatic carbocycles. The Morgan fingerprint density at radius 3 is 2.60 bits per heavy atom. The van der Waals surface area contributed by atoms with Crippen molar-refractivity contribution in [2.24, 2.45) is 5.92 Å². The molecule has 2 rings (SSSR count). The molecule has 0 aromatic heterocycles. The van der Waals surface area contributed by atoms with Crippen molar-refractivity contribution in [2.75, 3.05) is 13.6 Å². The fourth-order valence-electron chi connectivity index (χ4n) is 3.33. The minimum absolute atomic E-state index is 0.159. The van der Waals surface area contributed by atoms with Crippen LogP contribution in [0.2, 0.25) is 0 Å². The zero-order valence-corrected chi connectivity index (χ0v) is 12.9. The summed E-state index contributed by atoms with van der Waals surface area (Å²) < 4.78 is 13.0. The Balaban J connectivity index is 2.00. The van der Waals surface area contributed by atoms with Crippen LogP contribution in [0.5, 0.6) is 0 Å². The topological polar surface area (TPSA) is 15.3 Å². The van der Waals surface area contributed by atoms with Gasteiger partial charge in [0.15, 0.2) is 0 Å². The SMILES string of the molecule is CCNC1CCC(C)CC1N(C)Cc1ccc(F)cc1. The van der Waals surface area contributed by atoms with Crippen LogP contribution in [-0.4, -0.2) is 30.6 Å². The number of halogens is 1. The van der Waals surface area contributed by atoms with E-state index in [-0.39, 0.29) is 5.82 Å². The molecule has 1 N–H and O–H groups in total. The second kappa shape index (κ2) is 7.19. The number of likely N-dealkylation sites (N-methyl/N-ethyl adjacent to an activating group) is 2. The lowest BCUT2D eigenvalue weighted by Gasteiger charge is -2.41. The average Bonchev–Trinajstić information content (AvgIpc) is 2.43. The second-order valence-corrected chi connectivity index (χ2v) is 6.19. The molecule has 2 nitrogen and oxygen atoms in total. The summed E-state index contributed by atoms with van der Waals surface area (Å²) in [5.41, 5.74) is 1.18. The number of nitrogens with one attached hydrogen (secondary N) is 1. The van der Waals surface area contributed by atoms with Crippen LogP contribution < -0.4 is 5.32 Å². The predicted octanol–water partition coefficient (Wildman–Crippen LogP) is 3.42. The van der Waals surface area contributed by atoms with Crippen molar-refractivity contribution in [3.8, 4) is 0 Å². The van der Waals surface area contributed by atoms with E-state index >= 15 is 0 Å². The third-order valence-electron chi connectivity index (χ3n) is 4.46. The van der Waals surface area contributed by atoms with Crippen molar-refractivity contribution in [3.63, 3.8) is 0 Å². The van der Waals surface area contributed by atoms with Gasteiger partial charge in [0.2, 0.25) is 0 Å². The smallest absolute Gasteiger partial charge is 0.123 e. The first kappa shape index (κ1) is 15.5. The van der Waals surface area contributed by atoms with E-state index in [1.165, 1.54) is 24.8 Å². The van der Waals surface area contributed by atoms with E-state index in [9.17, 15) is 4.39 Å². The normalized spacial score (nSPS) is 26.9. The molecule has 0 radical (unpaired) electrons. The minimum Gasteiger partial charge on any atom is -0.313 e. The zero-order valence-electron chi connectivity index (χ0n) is 12.9. The first-order chi connectivity index (χ1) is 9.60. The quantitative estimate of drug-likeness (QED) is 0.888. The van der Waals surface area contributed by atoms with E-state index in [2.05, 4.69) is 31.1 Å². The van der Waals surface area contributed by atoms with Crippen LogP contribution in [0.25, 0.3) is 0 Å². The van der Waals surface area contributed by atoms with Crippen LogP contribution >= 0.6 is 0 Å². The summed E-state index contributed by atoms with van der Waals surface area (Å²) in [6.07, 6.45) is 3.82. The Morgan fingerprint density at radius 2 is 1.95 bits per heavy atom. The molecular formula is C17H27FN2. The van der Waals surface area contributed by atoms with Gasteiger partial charge in [0, 0.05) is 18.6 Å². The van der Waals surface area contributed by atoms with Crippen LogP contribution in [0.4, 0.5) is 4.39 Å². The maximum atomic E-state index is 13.0. The van der Waals surface area contributed by atoms with Crippen molar-refractivity contribution >= 4 is 0 Å². The van der Waals surface area contributed by atoms with E-state index in [0.717, 1.165) is 19.0 Å². The van der Waals surface area contributed by atoms with E-state index < -0.39 is 0 Å². The number of rotatable bonds is 5. The fraction of sp³-hybridized carbons (Fsp3) is 0.647. The van der Waals surface area contributed by atoms with E-state index in [0.29, 0.717) is 12.1 Å². The minimum atomic E-state index is -0.159. The number of hydrogen-bond acceptors (Lipinski definition) is 2. The highest BCUT2D eigenvalue weighted by molar-refractivity contribution is 5.16. The largest absolute Gasteiger partial charge is 0.313 e. The van der Waals surface area contributed by atoms with Crippen molar-refractivity contribution in [1.29, 1.82) is 0 Å². The number of nitrogens with zero attached hydrogens (tertiary/aromatic N) is 1. The Hall–Kier alpha value is -0.930. The van der Waals surface area contributed by atoms with Gasteiger partial charge in [-0.15, -0.1) is 0 Å². The first-order valence-corrected chi connectivity index (χ1v) is 7.78. The molecule has 1 saturated carbocycles. The maximum absolute atomic E-state index is 13.0. The van der Waals surface area contributed by atoms with Gasteiger partial charge in [-0.1, -0.05) is 26.0 Å². The lowest BCUT2D eigenvalue weighted by Crippen LogP contribution is -2.51. The van der Waals surface area contributed by atoms with Crippen molar-refractivity contribution in [1.82, 2.24) is 10.2 Å². The Bertz CT molecular complexity index is 404. The number of hydrogen-bond donors (Lipinski definition) is 1. The third kappa shape index (κ3) is 4.03. The van der Waals surface area contributed by atoms with Crippen LogP contribution in [-0.2, 0) is 6.54 Å². The van der Waals surface area contributed by atoms with Gasteiger partial charge in [-0.05, 0) is 56.5 Å². The van der Waals surface area contributed by atoms with Crippen molar-refractivity contribution in [2.45, 2.75) is 51.7 Å². The van der Waals surface area contributed by atoms with Gasteiger partial charge >= 0.3 is 0 Å². The third-order valence-corrected chi connectivity index (χ3v) is 4.46. The molecule has 0 aliphatic heterocycles.